The summed E-state index contributed by atoms with van der Waals surface area (Å²) in [6.45, 7) is 1.93. The van der Waals surface area contributed by atoms with Crippen LogP contribution >= 0.6 is 11.6 Å². The van der Waals surface area contributed by atoms with Crippen LogP contribution in [0.1, 0.15) is 36.0 Å². The number of ether oxygens (including phenoxy) is 1. The number of aromatic nitrogens is 7. The number of halogens is 2. The highest BCUT2D eigenvalue weighted by atomic mass is 35.5. The lowest BCUT2D eigenvalue weighted by Crippen LogP contribution is -2.15. The Hall–Kier alpha value is -2.39. The van der Waals surface area contributed by atoms with Gasteiger partial charge in [-0.2, -0.15) is 5.10 Å². The first kappa shape index (κ1) is 17.0. The SMILES string of the molecule is Fc1cccc(Cl)c1Cn1nc(C2CCOCC2)nc1Cn1cnnn1. The minimum absolute atomic E-state index is 0.194. The fraction of sp³-hybridized carbons (Fsp3) is 0.438. The highest BCUT2D eigenvalue weighted by Crippen LogP contribution is 2.26. The van der Waals surface area contributed by atoms with Crippen molar-refractivity contribution in [3.05, 3.63) is 52.6 Å². The first-order chi connectivity index (χ1) is 12.7. The average molecular weight is 378 g/mol. The van der Waals surface area contributed by atoms with Crippen LogP contribution in [0.2, 0.25) is 5.02 Å². The lowest BCUT2D eigenvalue weighted by molar-refractivity contribution is 0.0835. The maximum Gasteiger partial charge on any atom is 0.154 e. The molecule has 1 aliphatic rings. The second-order valence-corrected chi connectivity index (χ2v) is 6.55. The Morgan fingerprint density at radius 2 is 2.08 bits per heavy atom. The van der Waals surface area contributed by atoms with E-state index in [1.54, 1.807) is 21.5 Å². The molecule has 0 N–H and O–H groups in total. The van der Waals surface area contributed by atoms with Crippen LogP contribution in [-0.2, 0) is 17.8 Å². The van der Waals surface area contributed by atoms with Gasteiger partial charge < -0.3 is 4.74 Å². The minimum atomic E-state index is -0.367. The van der Waals surface area contributed by atoms with Gasteiger partial charge in [0.05, 0.1) is 6.54 Å². The zero-order valence-corrected chi connectivity index (χ0v) is 14.7. The van der Waals surface area contributed by atoms with Gasteiger partial charge in [-0.25, -0.2) is 18.7 Å². The van der Waals surface area contributed by atoms with E-state index in [0.717, 1.165) is 18.7 Å². The smallest absolute Gasteiger partial charge is 0.154 e. The maximum atomic E-state index is 14.2. The molecule has 10 heteroatoms. The van der Waals surface area contributed by atoms with Crippen LogP contribution in [0.5, 0.6) is 0 Å². The van der Waals surface area contributed by atoms with E-state index in [1.807, 2.05) is 0 Å². The summed E-state index contributed by atoms with van der Waals surface area (Å²) in [6, 6.07) is 4.63. The van der Waals surface area contributed by atoms with Gasteiger partial charge in [-0.05, 0) is 35.4 Å². The van der Waals surface area contributed by atoms with Crippen LogP contribution in [0.15, 0.2) is 24.5 Å². The van der Waals surface area contributed by atoms with Gasteiger partial charge in [-0.15, -0.1) is 5.10 Å². The summed E-state index contributed by atoms with van der Waals surface area (Å²) >= 11 is 6.17. The van der Waals surface area contributed by atoms with Crippen molar-refractivity contribution in [2.45, 2.75) is 31.8 Å². The zero-order valence-electron chi connectivity index (χ0n) is 13.9. The van der Waals surface area contributed by atoms with E-state index in [9.17, 15) is 4.39 Å². The summed E-state index contributed by atoms with van der Waals surface area (Å²) < 4.78 is 22.8. The molecular weight excluding hydrogens is 361 g/mol. The lowest BCUT2D eigenvalue weighted by atomic mass is 10.00. The standard InChI is InChI=1S/C16H17ClFN7O/c17-13-2-1-3-14(18)12(13)8-25-15(9-24-10-19-22-23-24)20-16(21-25)11-4-6-26-7-5-11/h1-3,10-11H,4-9H2. The number of hydrogen-bond acceptors (Lipinski definition) is 6. The van der Waals surface area contributed by atoms with Crippen molar-refractivity contribution < 1.29 is 9.13 Å². The molecule has 4 rings (SSSR count). The number of nitrogens with zero attached hydrogens (tertiary/aromatic N) is 7. The van der Waals surface area contributed by atoms with Gasteiger partial charge in [-0.3, -0.25) is 0 Å². The van der Waals surface area contributed by atoms with Crippen LogP contribution in [0, 0.1) is 5.82 Å². The topological polar surface area (TPSA) is 83.5 Å². The molecule has 1 fully saturated rings. The van der Waals surface area contributed by atoms with Gasteiger partial charge in [0, 0.05) is 29.7 Å². The molecule has 0 saturated carbocycles. The molecule has 0 radical (unpaired) electrons. The Morgan fingerprint density at radius 3 is 2.81 bits per heavy atom. The van der Waals surface area contributed by atoms with Crippen molar-refractivity contribution in [3.63, 3.8) is 0 Å². The minimum Gasteiger partial charge on any atom is -0.381 e. The predicted molar refractivity (Wildman–Crippen MR) is 90.2 cm³/mol. The molecule has 1 aliphatic heterocycles. The van der Waals surface area contributed by atoms with E-state index in [-0.39, 0.29) is 18.3 Å². The molecule has 0 aliphatic carbocycles. The summed E-state index contributed by atoms with van der Waals surface area (Å²) in [6.07, 6.45) is 3.24. The Bertz CT molecular complexity index is 857. The van der Waals surface area contributed by atoms with E-state index in [0.29, 0.717) is 36.2 Å². The van der Waals surface area contributed by atoms with Crippen LogP contribution in [-0.4, -0.2) is 48.2 Å². The Balaban J connectivity index is 1.67. The second-order valence-electron chi connectivity index (χ2n) is 6.14. The van der Waals surface area contributed by atoms with Gasteiger partial charge in [0.25, 0.3) is 0 Å². The van der Waals surface area contributed by atoms with E-state index in [1.165, 1.54) is 12.4 Å². The Labute approximate surface area is 153 Å². The van der Waals surface area contributed by atoms with E-state index in [4.69, 9.17) is 16.3 Å². The summed E-state index contributed by atoms with van der Waals surface area (Å²) in [7, 11) is 0. The van der Waals surface area contributed by atoms with Crippen molar-refractivity contribution in [2.24, 2.45) is 0 Å². The molecule has 3 heterocycles. The monoisotopic (exact) mass is 377 g/mol. The molecule has 0 spiro atoms. The summed E-state index contributed by atoms with van der Waals surface area (Å²) in [5.74, 6) is 1.25. The molecule has 0 bridgehead atoms. The first-order valence-corrected chi connectivity index (χ1v) is 8.73. The molecule has 0 atom stereocenters. The number of rotatable bonds is 5. The predicted octanol–water partition coefficient (Wildman–Crippen LogP) is 2.05. The third kappa shape index (κ3) is 3.58. The number of tetrazole rings is 1. The van der Waals surface area contributed by atoms with Gasteiger partial charge in [-0.1, -0.05) is 17.7 Å². The van der Waals surface area contributed by atoms with Crippen LogP contribution in [0.4, 0.5) is 4.39 Å². The molecule has 3 aromatic rings. The largest absolute Gasteiger partial charge is 0.381 e. The van der Waals surface area contributed by atoms with Gasteiger partial charge in [0.15, 0.2) is 5.82 Å². The van der Waals surface area contributed by atoms with Crippen molar-refractivity contribution in [1.29, 1.82) is 0 Å². The van der Waals surface area contributed by atoms with Crippen LogP contribution < -0.4 is 0 Å². The highest BCUT2D eigenvalue weighted by molar-refractivity contribution is 6.31. The Kier molecular flexibility index (Phi) is 4.89. The molecule has 26 heavy (non-hydrogen) atoms. The third-order valence-electron chi connectivity index (χ3n) is 4.42. The third-order valence-corrected chi connectivity index (χ3v) is 4.77. The summed E-state index contributed by atoms with van der Waals surface area (Å²) in [5.41, 5.74) is 0.385. The number of hydrogen-bond donors (Lipinski definition) is 0. The van der Waals surface area contributed by atoms with Crippen molar-refractivity contribution >= 4 is 11.6 Å². The van der Waals surface area contributed by atoms with Gasteiger partial charge in [0.1, 0.15) is 24.5 Å². The zero-order chi connectivity index (χ0) is 17.9. The van der Waals surface area contributed by atoms with Crippen molar-refractivity contribution in [2.75, 3.05) is 13.2 Å². The van der Waals surface area contributed by atoms with E-state index in [2.05, 4.69) is 25.6 Å². The van der Waals surface area contributed by atoms with E-state index >= 15 is 0 Å². The second kappa shape index (κ2) is 7.46. The molecule has 136 valence electrons. The normalized spacial score (nSPS) is 15.5. The van der Waals surface area contributed by atoms with E-state index < -0.39 is 0 Å². The first-order valence-electron chi connectivity index (χ1n) is 8.35. The van der Waals surface area contributed by atoms with Crippen LogP contribution in [0.3, 0.4) is 0 Å². The fourth-order valence-electron chi connectivity index (χ4n) is 3.00. The molecule has 0 unspecified atom stereocenters. The molecule has 2 aromatic heterocycles. The maximum absolute atomic E-state index is 14.2. The molecular formula is C16H17ClFN7O. The lowest BCUT2D eigenvalue weighted by Gasteiger charge is -2.18. The van der Waals surface area contributed by atoms with Gasteiger partial charge in [0.2, 0.25) is 0 Å². The fourth-order valence-corrected chi connectivity index (χ4v) is 3.22. The van der Waals surface area contributed by atoms with Crippen molar-refractivity contribution in [1.82, 2.24) is 35.0 Å². The van der Waals surface area contributed by atoms with Crippen molar-refractivity contribution in [3.8, 4) is 0 Å². The quantitative estimate of drug-likeness (QED) is 0.676. The van der Waals surface area contributed by atoms with Crippen LogP contribution in [0.25, 0.3) is 0 Å². The average Bonchev–Trinajstić information content (AvgIpc) is 3.30. The van der Waals surface area contributed by atoms with Gasteiger partial charge >= 0.3 is 0 Å². The molecule has 1 aromatic carbocycles. The molecule has 1 saturated heterocycles. The molecule has 8 nitrogen and oxygen atoms in total. The molecule has 0 amide bonds. The summed E-state index contributed by atoms with van der Waals surface area (Å²) in [5, 5.41) is 16.1. The Morgan fingerprint density at radius 1 is 1.23 bits per heavy atom. The number of benzene rings is 1. The highest BCUT2D eigenvalue weighted by Gasteiger charge is 2.23. The summed E-state index contributed by atoms with van der Waals surface area (Å²) in [4.78, 5) is 4.68.